The van der Waals surface area contributed by atoms with Crippen LogP contribution < -0.4 is 10.6 Å². The average Bonchev–Trinajstić information content (AvgIpc) is 3.19. The minimum Gasteiger partial charge on any atom is -0.466 e. The molecule has 0 aromatic carbocycles. The van der Waals surface area contributed by atoms with Crippen LogP contribution in [-0.2, 0) is 11.3 Å². The van der Waals surface area contributed by atoms with E-state index in [1.165, 1.54) is 0 Å². The van der Waals surface area contributed by atoms with E-state index in [-0.39, 0.29) is 17.9 Å². The molecule has 1 aliphatic rings. The van der Waals surface area contributed by atoms with Crippen LogP contribution in [0, 0.1) is 6.92 Å². The Morgan fingerprint density at radius 2 is 2.30 bits per heavy atom. The van der Waals surface area contributed by atoms with Crippen LogP contribution in [0.5, 0.6) is 0 Å². The van der Waals surface area contributed by atoms with Crippen LogP contribution in [0.25, 0.3) is 0 Å². The monoisotopic (exact) mass is 334 g/mol. The summed E-state index contributed by atoms with van der Waals surface area (Å²) < 4.78 is 5.80. The summed E-state index contributed by atoms with van der Waals surface area (Å²) in [5, 5.41) is 9.12. The molecular weight excluding hydrogens is 312 g/mol. The van der Waals surface area contributed by atoms with Gasteiger partial charge in [0.1, 0.15) is 11.5 Å². The highest BCUT2D eigenvalue weighted by Gasteiger charge is 2.36. The van der Waals surface area contributed by atoms with Gasteiger partial charge in [-0.15, -0.1) is 11.3 Å². The highest BCUT2D eigenvalue weighted by molar-refractivity contribution is 7.13. The summed E-state index contributed by atoms with van der Waals surface area (Å²) in [6.45, 7) is 5.94. The number of hydrogen-bond acceptors (Lipinski definition) is 6. The standard InChI is InChI=1S/C16H22N4O2S/c1-10-4-5-15(22-10)13-7-20(8-14(13)18-11(2)21)6-12-9-23-16(17-3)19-12/h4-5,9,13-14H,6-8H2,1-3H3,(H,17,19)(H,18,21)/t13-,14-/m1/s1. The van der Waals surface area contributed by atoms with Gasteiger partial charge in [-0.05, 0) is 19.1 Å². The first-order valence-electron chi connectivity index (χ1n) is 7.73. The number of amides is 1. The van der Waals surface area contributed by atoms with Gasteiger partial charge in [-0.25, -0.2) is 4.98 Å². The van der Waals surface area contributed by atoms with Crippen LogP contribution in [0.1, 0.15) is 30.1 Å². The second-order valence-electron chi connectivity index (χ2n) is 5.95. The summed E-state index contributed by atoms with van der Waals surface area (Å²) in [4.78, 5) is 18.4. The summed E-state index contributed by atoms with van der Waals surface area (Å²) >= 11 is 1.61. The number of thiazole rings is 1. The number of rotatable bonds is 5. The topological polar surface area (TPSA) is 70.4 Å². The minimum atomic E-state index is -0.00347. The molecule has 0 saturated carbocycles. The van der Waals surface area contributed by atoms with Crippen molar-refractivity contribution in [1.82, 2.24) is 15.2 Å². The second-order valence-corrected chi connectivity index (χ2v) is 6.81. The zero-order valence-electron chi connectivity index (χ0n) is 13.6. The van der Waals surface area contributed by atoms with Crippen molar-refractivity contribution in [3.8, 4) is 0 Å². The summed E-state index contributed by atoms with van der Waals surface area (Å²) in [6, 6.07) is 4.06. The Morgan fingerprint density at radius 3 is 2.91 bits per heavy atom. The molecule has 1 aliphatic heterocycles. The van der Waals surface area contributed by atoms with Gasteiger partial charge in [-0.2, -0.15) is 0 Å². The Morgan fingerprint density at radius 1 is 1.48 bits per heavy atom. The van der Waals surface area contributed by atoms with E-state index >= 15 is 0 Å². The second kappa shape index (κ2) is 6.72. The van der Waals surface area contributed by atoms with Gasteiger partial charge >= 0.3 is 0 Å². The van der Waals surface area contributed by atoms with Gasteiger partial charge in [-0.3, -0.25) is 9.69 Å². The number of hydrogen-bond donors (Lipinski definition) is 2. The number of anilines is 1. The van der Waals surface area contributed by atoms with Crippen LogP contribution in [-0.4, -0.2) is 42.0 Å². The highest BCUT2D eigenvalue weighted by Crippen LogP contribution is 2.30. The minimum absolute atomic E-state index is 0.00347. The van der Waals surface area contributed by atoms with Gasteiger partial charge < -0.3 is 15.1 Å². The number of nitrogens with one attached hydrogen (secondary N) is 2. The van der Waals surface area contributed by atoms with Gasteiger partial charge in [0.25, 0.3) is 0 Å². The number of furan rings is 1. The van der Waals surface area contributed by atoms with Gasteiger partial charge in [0.05, 0.1) is 17.7 Å². The molecule has 0 unspecified atom stereocenters. The average molecular weight is 334 g/mol. The van der Waals surface area contributed by atoms with Gasteiger partial charge in [-0.1, -0.05) is 0 Å². The number of aromatic nitrogens is 1. The van der Waals surface area contributed by atoms with Gasteiger partial charge in [0.15, 0.2) is 5.13 Å². The molecule has 2 atom stereocenters. The highest BCUT2D eigenvalue weighted by atomic mass is 32.1. The number of nitrogens with zero attached hydrogens (tertiary/aromatic N) is 2. The summed E-state index contributed by atoms with van der Waals surface area (Å²) in [5.41, 5.74) is 1.05. The number of carbonyl (C=O) groups excluding carboxylic acids is 1. The Bertz CT molecular complexity index is 681. The van der Waals surface area contributed by atoms with E-state index in [0.717, 1.165) is 42.0 Å². The molecule has 1 saturated heterocycles. The van der Waals surface area contributed by atoms with Crippen molar-refractivity contribution in [2.24, 2.45) is 0 Å². The predicted molar refractivity (Wildman–Crippen MR) is 90.7 cm³/mol. The third-order valence-electron chi connectivity index (χ3n) is 4.06. The van der Waals surface area contributed by atoms with Crippen LogP contribution in [0.4, 0.5) is 5.13 Å². The fourth-order valence-corrected chi connectivity index (χ4v) is 3.75. The SMILES string of the molecule is CNc1nc(CN2C[C@@H](NC(C)=O)[C@H](c3ccc(C)o3)C2)cs1. The zero-order chi connectivity index (χ0) is 16.4. The lowest BCUT2D eigenvalue weighted by atomic mass is 10.0. The Kier molecular flexibility index (Phi) is 4.68. The van der Waals surface area contributed by atoms with E-state index in [2.05, 4.69) is 25.9 Å². The van der Waals surface area contributed by atoms with E-state index in [0.29, 0.717) is 0 Å². The molecule has 7 heteroatoms. The molecule has 1 fully saturated rings. The first-order valence-corrected chi connectivity index (χ1v) is 8.61. The maximum atomic E-state index is 11.5. The van der Waals surface area contributed by atoms with E-state index in [1.54, 1.807) is 18.3 Å². The maximum absolute atomic E-state index is 11.5. The molecule has 0 aliphatic carbocycles. The van der Waals surface area contributed by atoms with Crippen molar-refractivity contribution in [2.75, 3.05) is 25.5 Å². The van der Waals surface area contributed by atoms with Crippen molar-refractivity contribution >= 4 is 22.4 Å². The molecule has 3 rings (SSSR count). The molecule has 0 spiro atoms. The quantitative estimate of drug-likeness (QED) is 0.877. The smallest absolute Gasteiger partial charge is 0.217 e. The molecule has 2 aromatic rings. The lowest BCUT2D eigenvalue weighted by Crippen LogP contribution is -2.38. The predicted octanol–water partition coefficient (Wildman–Crippen LogP) is 2.19. The summed E-state index contributed by atoms with van der Waals surface area (Å²) in [5.74, 6) is 2.02. The number of likely N-dealkylation sites (tertiary alicyclic amines) is 1. The first-order chi connectivity index (χ1) is 11.0. The third kappa shape index (κ3) is 3.73. The third-order valence-corrected chi connectivity index (χ3v) is 4.97. The molecule has 3 heterocycles. The molecule has 2 aromatic heterocycles. The van der Waals surface area contributed by atoms with Gasteiger partial charge in [0.2, 0.25) is 5.91 Å². The van der Waals surface area contributed by atoms with E-state index in [4.69, 9.17) is 4.42 Å². The fourth-order valence-electron chi connectivity index (χ4n) is 3.09. The normalized spacial score (nSPS) is 21.5. The lowest BCUT2D eigenvalue weighted by molar-refractivity contribution is -0.119. The summed E-state index contributed by atoms with van der Waals surface area (Å²) in [7, 11) is 1.88. The lowest BCUT2D eigenvalue weighted by Gasteiger charge is -2.17. The molecule has 0 radical (unpaired) electrons. The maximum Gasteiger partial charge on any atom is 0.217 e. The summed E-state index contributed by atoms with van der Waals surface area (Å²) in [6.07, 6.45) is 0. The van der Waals surface area contributed by atoms with Crippen LogP contribution in [0.2, 0.25) is 0 Å². The van der Waals surface area contributed by atoms with Crippen molar-refractivity contribution in [3.05, 3.63) is 34.7 Å². The molecular formula is C16H22N4O2S. The van der Waals surface area contributed by atoms with E-state index in [1.807, 2.05) is 26.1 Å². The molecule has 0 bridgehead atoms. The molecule has 2 N–H and O–H groups in total. The zero-order valence-corrected chi connectivity index (χ0v) is 14.4. The molecule has 1 amide bonds. The van der Waals surface area contributed by atoms with Crippen LogP contribution in [0.3, 0.4) is 0 Å². The molecule has 6 nitrogen and oxygen atoms in total. The van der Waals surface area contributed by atoms with E-state index in [9.17, 15) is 4.79 Å². The number of carbonyl (C=O) groups is 1. The first kappa shape index (κ1) is 16.0. The van der Waals surface area contributed by atoms with Crippen LogP contribution >= 0.6 is 11.3 Å². The Labute approximate surface area is 139 Å². The van der Waals surface area contributed by atoms with Crippen molar-refractivity contribution in [3.63, 3.8) is 0 Å². The largest absolute Gasteiger partial charge is 0.466 e. The molecule has 23 heavy (non-hydrogen) atoms. The van der Waals surface area contributed by atoms with Crippen molar-refractivity contribution in [2.45, 2.75) is 32.4 Å². The molecule has 124 valence electrons. The fraction of sp³-hybridized carbons (Fsp3) is 0.500. The van der Waals surface area contributed by atoms with Crippen molar-refractivity contribution < 1.29 is 9.21 Å². The van der Waals surface area contributed by atoms with Crippen LogP contribution in [0.15, 0.2) is 21.9 Å². The van der Waals surface area contributed by atoms with E-state index < -0.39 is 0 Å². The van der Waals surface area contributed by atoms with Gasteiger partial charge in [0, 0.05) is 39.0 Å². The Hall–Kier alpha value is -1.86. The van der Waals surface area contributed by atoms with Crippen molar-refractivity contribution in [1.29, 1.82) is 0 Å². The number of aryl methyl sites for hydroxylation is 1. The Balaban J connectivity index is 1.72.